The molecule has 90 valence electrons. The number of carbonyl (C=O) groups excluding carboxylic acids is 1. The molecule has 0 bridgehead atoms. The Morgan fingerprint density at radius 3 is 2.67 bits per heavy atom. The Hall–Kier alpha value is -2.00. The van der Waals surface area contributed by atoms with Crippen LogP contribution < -0.4 is 10.1 Å². The van der Waals surface area contributed by atoms with Crippen molar-refractivity contribution in [1.82, 2.24) is 0 Å². The molecular formula is C14H10ClNO2. The van der Waals surface area contributed by atoms with Gasteiger partial charge in [0.1, 0.15) is 0 Å². The number of fused-ring (bicyclic) bond motifs is 1. The lowest BCUT2D eigenvalue weighted by Gasteiger charge is -2.25. The number of carbonyl (C=O) groups is 1. The fraction of sp³-hybridized carbons (Fsp3) is 0.0714. The molecular weight excluding hydrogens is 250 g/mol. The van der Waals surface area contributed by atoms with E-state index in [1.165, 1.54) is 0 Å². The first-order valence-electron chi connectivity index (χ1n) is 5.57. The average molecular weight is 260 g/mol. The van der Waals surface area contributed by atoms with E-state index in [1.54, 1.807) is 18.2 Å². The van der Waals surface area contributed by atoms with Gasteiger partial charge in [0.2, 0.25) is 0 Å². The molecule has 0 saturated carbocycles. The van der Waals surface area contributed by atoms with Crippen LogP contribution in [0.4, 0.5) is 5.69 Å². The van der Waals surface area contributed by atoms with Crippen molar-refractivity contribution >= 4 is 23.3 Å². The van der Waals surface area contributed by atoms with Crippen LogP contribution in [-0.4, -0.2) is 5.97 Å². The Labute approximate surface area is 109 Å². The lowest BCUT2D eigenvalue weighted by molar-refractivity contribution is -0.136. The Balaban J connectivity index is 1.99. The van der Waals surface area contributed by atoms with E-state index >= 15 is 0 Å². The first-order valence-corrected chi connectivity index (χ1v) is 5.94. The summed E-state index contributed by atoms with van der Waals surface area (Å²) in [5, 5.41) is 3.75. The summed E-state index contributed by atoms with van der Waals surface area (Å²) < 4.78 is 5.29. The highest BCUT2D eigenvalue weighted by Crippen LogP contribution is 2.36. The highest BCUT2D eigenvalue weighted by Gasteiger charge is 2.28. The minimum Gasteiger partial charge on any atom is -0.423 e. The van der Waals surface area contributed by atoms with Gasteiger partial charge in [-0.1, -0.05) is 41.9 Å². The predicted octanol–water partition coefficient (Wildman–Crippen LogP) is 3.41. The molecule has 0 aliphatic carbocycles. The fourth-order valence-electron chi connectivity index (χ4n) is 1.95. The first-order chi connectivity index (χ1) is 8.74. The molecule has 2 aromatic rings. The van der Waals surface area contributed by atoms with Crippen LogP contribution in [0.3, 0.4) is 0 Å². The molecule has 1 N–H and O–H groups in total. The van der Waals surface area contributed by atoms with Gasteiger partial charge in [-0.15, -0.1) is 0 Å². The van der Waals surface area contributed by atoms with Gasteiger partial charge >= 0.3 is 5.97 Å². The zero-order chi connectivity index (χ0) is 12.5. The van der Waals surface area contributed by atoms with Crippen LogP contribution in [0.15, 0.2) is 48.5 Å². The maximum Gasteiger partial charge on any atom is 0.338 e. The van der Waals surface area contributed by atoms with E-state index in [9.17, 15) is 4.79 Å². The number of benzene rings is 2. The topological polar surface area (TPSA) is 38.3 Å². The van der Waals surface area contributed by atoms with Gasteiger partial charge in [0.15, 0.2) is 11.8 Å². The molecule has 1 heterocycles. The summed E-state index contributed by atoms with van der Waals surface area (Å²) in [4.78, 5) is 11.9. The van der Waals surface area contributed by atoms with Crippen molar-refractivity contribution in [2.45, 2.75) is 6.04 Å². The smallest absolute Gasteiger partial charge is 0.338 e. The molecule has 0 amide bonds. The van der Waals surface area contributed by atoms with E-state index in [-0.39, 0.29) is 5.97 Å². The zero-order valence-corrected chi connectivity index (χ0v) is 10.1. The Kier molecular flexibility index (Phi) is 2.68. The van der Waals surface area contributed by atoms with Crippen LogP contribution in [0, 0.1) is 0 Å². The molecule has 18 heavy (non-hydrogen) atoms. The molecule has 1 aliphatic rings. The van der Waals surface area contributed by atoms with Crippen molar-refractivity contribution in [3.05, 3.63) is 59.1 Å². The van der Waals surface area contributed by atoms with E-state index in [0.29, 0.717) is 10.8 Å². The molecule has 3 nitrogen and oxygen atoms in total. The molecule has 3 rings (SSSR count). The SMILES string of the molecule is O=C1Oc2ccc(Cl)cc2N[C@H]1c1ccccc1. The number of esters is 1. The van der Waals surface area contributed by atoms with Crippen molar-refractivity contribution in [2.75, 3.05) is 5.32 Å². The van der Waals surface area contributed by atoms with Gasteiger partial charge in [0.05, 0.1) is 5.69 Å². The number of ether oxygens (including phenoxy) is 1. The molecule has 1 atom stereocenters. The van der Waals surface area contributed by atoms with E-state index in [0.717, 1.165) is 11.3 Å². The summed E-state index contributed by atoms with van der Waals surface area (Å²) in [6.45, 7) is 0. The maximum absolute atomic E-state index is 11.9. The monoisotopic (exact) mass is 259 g/mol. The summed E-state index contributed by atoms with van der Waals surface area (Å²) in [6.07, 6.45) is 0. The summed E-state index contributed by atoms with van der Waals surface area (Å²) in [5.74, 6) is 0.201. The van der Waals surface area contributed by atoms with Crippen LogP contribution in [0.5, 0.6) is 5.75 Å². The lowest BCUT2D eigenvalue weighted by Crippen LogP contribution is -2.29. The Bertz CT molecular complexity index is 598. The van der Waals surface area contributed by atoms with Gasteiger partial charge in [0.25, 0.3) is 0 Å². The Morgan fingerprint density at radius 2 is 1.89 bits per heavy atom. The molecule has 0 fully saturated rings. The van der Waals surface area contributed by atoms with Gasteiger partial charge in [-0.05, 0) is 23.8 Å². The summed E-state index contributed by atoms with van der Waals surface area (Å²) in [5.41, 5.74) is 1.60. The first kappa shape index (κ1) is 11.1. The molecule has 0 saturated heterocycles. The summed E-state index contributed by atoms with van der Waals surface area (Å²) in [7, 11) is 0. The van der Waals surface area contributed by atoms with Gasteiger partial charge in [0, 0.05) is 5.02 Å². The second kappa shape index (κ2) is 4.35. The van der Waals surface area contributed by atoms with Crippen molar-refractivity contribution in [2.24, 2.45) is 0 Å². The fourth-order valence-corrected chi connectivity index (χ4v) is 2.12. The van der Waals surface area contributed by atoms with Gasteiger partial charge < -0.3 is 10.1 Å². The number of nitrogens with one attached hydrogen (secondary N) is 1. The molecule has 0 radical (unpaired) electrons. The van der Waals surface area contributed by atoms with Gasteiger partial charge in [-0.3, -0.25) is 0 Å². The molecule has 0 unspecified atom stereocenters. The summed E-state index contributed by atoms with van der Waals surface area (Å²) in [6, 6.07) is 14.1. The lowest BCUT2D eigenvalue weighted by atomic mass is 10.1. The van der Waals surface area contributed by atoms with Crippen LogP contribution in [0.25, 0.3) is 0 Å². The third-order valence-electron chi connectivity index (χ3n) is 2.82. The van der Waals surface area contributed by atoms with Crippen LogP contribution in [0.2, 0.25) is 5.02 Å². The largest absolute Gasteiger partial charge is 0.423 e. The molecule has 0 aromatic heterocycles. The van der Waals surface area contributed by atoms with Crippen LogP contribution in [0.1, 0.15) is 11.6 Å². The normalized spacial score (nSPS) is 17.6. The molecule has 2 aromatic carbocycles. The highest BCUT2D eigenvalue weighted by molar-refractivity contribution is 6.31. The number of anilines is 1. The van der Waals surface area contributed by atoms with Gasteiger partial charge in [-0.25, -0.2) is 4.79 Å². The van der Waals surface area contributed by atoms with Crippen LogP contribution in [-0.2, 0) is 4.79 Å². The minimum absolute atomic E-state index is 0.309. The van der Waals surface area contributed by atoms with Crippen molar-refractivity contribution in [3.8, 4) is 5.75 Å². The third-order valence-corrected chi connectivity index (χ3v) is 3.06. The maximum atomic E-state index is 11.9. The van der Waals surface area contributed by atoms with Gasteiger partial charge in [-0.2, -0.15) is 0 Å². The van der Waals surface area contributed by atoms with E-state index in [4.69, 9.17) is 16.3 Å². The average Bonchev–Trinajstić information content (AvgIpc) is 2.39. The van der Waals surface area contributed by atoms with Crippen molar-refractivity contribution in [1.29, 1.82) is 0 Å². The minimum atomic E-state index is -0.489. The number of halogens is 1. The van der Waals surface area contributed by atoms with E-state index < -0.39 is 6.04 Å². The number of hydrogen-bond acceptors (Lipinski definition) is 3. The standard InChI is InChI=1S/C14H10ClNO2/c15-10-6-7-12-11(8-10)16-13(14(17)18-12)9-4-2-1-3-5-9/h1-8,13,16H/t13-/m0/s1. The molecule has 0 spiro atoms. The predicted molar refractivity (Wildman–Crippen MR) is 69.9 cm³/mol. The summed E-state index contributed by atoms with van der Waals surface area (Å²) >= 11 is 5.93. The van der Waals surface area contributed by atoms with Crippen LogP contribution >= 0.6 is 11.6 Å². The highest BCUT2D eigenvalue weighted by atomic mass is 35.5. The third kappa shape index (κ3) is 1.93. The van der Waals surface area contributed by atoms with Crippen molar-refractivity contribution < 1.29 is 9.53 Å². The van der Waals surface area contributed by atoms with E-state index in [1.807, 2.05) is 30.3 Å². The number of rotatable bonds is 1. The molecule has 1 aliphatic heterocycles. The Morgan fingerprint density at radius 1 is 1.11 bits per heavy atom. The molecule has 4 heteroatoms. The van der Waals surface area contributed by atoms with E-state index in [2.05, 4.69) is 5.32 Å². The quantitative estimate of drug-likeness (QED) is 0.630. The zero-order valence-electron chi connectivity index (χ0n) is 9.39. The number of hydrogen-bond donors (Lipinski definition) is 1. The second-order valence-corrected chi connectivity index (χ2v) is 4.49. The second-order valence-electron chi connectivity index (χ2n) is 4.05. The van der Waals surface area contributed by atoms with Crippen molar-refractivity contribution in [3.63, 3.8) is 0 Å².